The lowest BCUT2D eigenvalue weighted by Crippen LogP contribution is -2.38. The maximum absolute atomic E-state index is 13.8. The van der Waals surface area contributed by atoms with Crippen molar-refractivity contribution in [2.45, 2.75) is 20.3 Å². The highest BCUT2D eigenvalue weighted by Gasteiger charge is 2.17. The third-order valence-corrected chi connectivity index (χ3v) is 3.22. The largest absolute Gasteiger partial charge is 0.494 e. The van der Waals surface area contributed by atoms with Crippen molar-refractivity contribution in [3.8, 4) is 5.75 Å². The van der Waals surface area contributed by atoms with E-state index in [1.807, 2.05) is 19.9 Å². The number of hydrogen-bond donors (Lipinski definition) is 1. The van der Waals surface area contributed by atoms with Crippen LogP contribution < -0.4 is 10.1 Å². The summed E-state index contributed by atoms with van der Waals surface area (Å²) in [6.07, 6.45) is 2.87. The molecule has 108 valence electrons. The fraction of sp³-hybridized carbons (Fsp3) is 0.400. The Kier molecular flexibility index (Phi) is 4.61. The van der Waals surface area contributed by atoms with E-state index in [0.717, 1.165) is 6.42 Å². The SMILES string of the molecule is CCOc1ccc(NC(=O)N2CC=C(C)CC2)c(F)c1. The number of amides is 2. The molecule has 20 heavy (non-hydrogen) atoms. The van der Waals surface area contributed by atoms with E-state index in [0.29, 0.717) is 25.4 Å². The molecular formula is C15H19FN2O2. The molecule has 1 aliphatic rings. The number of nitrogens with one attached hydrogen (secondary N) is 1. The lowest BCUT2D eigenvalue weighted by atomic mass is 10.1. The Balaban J connectivity index is 2.01. The normalized spacial score (nSPS) is 14.8. The van der Waals surface area contributed by atoms with Crippen molar-refractivity contribution in [1.82, 2.24) is 4.90 Å². The molecule has 0 aromatic heterocycles. The molecule has 1 aliphatic heterocycles. The number of hydrogen-bond acceptors (Lipinski definition) is 2. The van der Waals surface area contributed by atoms with Crippen LogP contribution in [-0.2, 0) is 0 Å². The predicted octanol–water partition coefficient (Wildman–Crippen LogP) is 3.41. The molecule has 0 radical (unpaired) electrons. The minimum absolute atomic E-state index is 0.171. The monoisotopic (exact) mass is 278 g/mol. The molecule has 0 saturated heterocycles. The van der Waals surface area contributed by atoms with Crippen LogP contribution in [0.15, 0.2) is 29.8 Å². The summed E-state index contributed by atoms with van der Waals surface area (Å²) in [5.74, 6) is -0.0347. The van der Waals surface area contributed by atoms with E-state index in [1.54, 1.807) is 11.0 Å². The summed E-state index contributed by atoms with van der Waals surface area (Å²) in [6.45, 7) is 5.58. The molecule has 0 fully saturated rings. The van der Waals surface area contributed by atoms with Crippen LogP contribution in [0, 0.1) is 5.82 Å². The third-order valence-electron chi connectivity index (χ3n) is 3.22. The minimum Gasteiger partial charge on any atom is -0.494 e. The lowest BCUT2D eigenvalue weighted by molar-refractivity contribution is 0.215. The Bertz CT molecular complexity index is 529. The quantitative estimate of drug-likeness (QED) is 0.861. The van der Waals surface area contributed by atoms with Crippen LogP contribution in [0.25, 0.3) is 0 Å². The van der Waals surface area contributed by atoms with E-state index >= 15 is 0 Å². The fourth-order valence-electron chi connectivity index (χ4n) is 2.00. The van der Waals surface area contributed by atoms with Crippen molar-refractivity contribution in [2.24, 2.45) is 0 Å². The van der Waals surface area contributed by atoms with Gasteiger partial charge in [-0.05, 0) is 32.4 Å². The van der Waals surface area contributed by atoms with E-state index in [1.165, 1.54) is 17.7 Å². The Hall–Kier alpha value is -2.04. The van der Waals surface area contributed by atoms with Crippen molar-refractivity contribution in [3.63, 3.8) is 0 Å². The molecular weight excluding hydrogens is 259 g/mol. The molecule has 5 heteroatoms. The molecule has 1 N–H and O–H groups in total. The second-order valence-corrected chi connectivity index (χ2v) is 4.75. The van der Waals surface area contributed by atoms with Crippen LogP contribution >= 0.6 is 0 Å². The van der Waals surface area contributed by atoms with Gasteiger partial charge in [0.15, 0.2) is 0 Å². The number of anilines is 1. The van der Waals surface area contributed by atoms with Gasteiger partial charge in [-0.1, -0.05) is 11.6 Å². The van der Waals surface area contributed by atoms with Gasteiger partial charge in [0.1, 0.15) is 11.6 Å². The van der Waals surface area contributed by atoms with Gasteiger partial charge in [0, 0.05) is 19.2 Å². The molecule has 0 bridgehead atoms. The maximum atomic E-state index is 13.8. The topological polar surface area (TPSA) is 41.6 Å². The first-order valence-electron chi connectivity index (χ1n) is 6.74. The van der Waals surface area contributed by atoms with E-state index < -0.39 is 5.82 Å². The Morgan fingerprint density at radius 2 is 2.30 bits per heavy atom. The van der Waals surface area contributed by atoms with Gasteiger partial charge in [-0.2, -0.15) is 0 Å². The second kappa shape index (κ2) is 6.41. The van der Waals surface area contributed by atoms with Gasteiger partial charge >= 0.3 is 6.03 Å². The zero-order valence-corrected chi connectivity index (χ0v) is 11.8. The average molecular weight is 278 g/mol. The van der Waals surface area contributed by atoms with Gasteiger partial charge in [0.25, 0.3) is 0 Å². The number of nitrogens with zero attached hydrogens (tertiary/aromatic N) is 1. The molecule has 0 spiro atoms. The number of urea groups is 1. The smallest absolute Gasteiger partial charge is 0.322 e. The van der Waals surface area contributed by atoms with Gasteiger partial charge < -0.3 is 15.0 Å². The van der Waals surface area contributed by atoms with Gasteiger partial charge in [-0.3, -0.25) is 0 Å². The Morgan fingerprint density at radius 1 is 1.50 bits per heavy atom. The maximum Gasteiger partial charge on any atom is 0.322 e. The first-order chi connectivity index (χ1) is 9.60. The highest BCUT2D eigenvalue weighted by atomic mass is 19.1. The molecule has 1 heterocycles. The minimum atomic E-state index is -0.493. The van der Waals surface area contributed by atoms with Crippen LogP contribution in [0.1, 0.15) is 20.3 Å². The zero-order valence-electron chi connectivity index (χ0n) is 11.8. The van der Waals surface area contributed by atoms with Gasteiger partial charge in [-0.15, -0.1) is 0 Å². The summed E-state index contributed by atoms with van der Waals surface area (Å²) in [6, 6.07) is 4.15. The molecule has 1 aromatic carbocycles. The summed E-state index contributed by atoms with van der Waals surface area (Å²) in [4.78, 5) is 13.7. The Morgan fingerprint density at radius 3 is 2.90 bits per heavy atom. The molecule has 2 rings (SSSR count). The molecule has 1 aromatic rings. The van der Waals surface area contributed by atoms with Crippen molar-refractivity contribution < 1.29 is 13.9 Å². The van der Waals surface area contributed by atoms with Crippen LogP contribution in [0.3, 0.4) is 0 Å². The number of carbonyl (C=O) groups excluding carboxylic acids is 1. The number of benzene rings is 1. The van der Waals surface area contributed by atoms with Crippen LogP contribution in [0.2, 0.25) is 0 Å². The first kappa shape index (κ1) is 14.4. The van der Waals surface area contributed by atoms with Crippen molar-refractivity contribution in [3.05, 3.63) is 35.7 Å². The van der Waals surface area contributed by atoms with E-state index in [4.69, 9.17) is 4.74 Å². The molecule has 0 atom stereocenters. The Labute approximate surface area is 118 Å². The summed E-state index contributed by atoms with van der Waals surface area (Å²) in [5, 5.41) is 2.59. The van der Waals surface area contributed by atoms with Crippen molar-refractivity contribution in [1.29, 1.82) is 0 Å². The van der Waals surface area contributed by atoms with Crippen LogP contribution in [0.5, 0.6) is 5.75 Å². The molecule has 2 amide bonds. The fourth-order valence-corrected chi connectivity index (χ4v) is 2.00. The molecule has 4 nitrogen and oxygen atoms in total. The summed E-state index contributed by atoms with van der Waals surface area (Å²) in [7, 11) is 0. The third kappa shape index (κ3) is 3.50. The number of ether oxygens (including phenoxy) is 1. The second-order valence-electron chi connectivity index (χ2n) is 4.75. The zero-order chi connectivity index (χ0) is 14.5. The lowest BCUT2D eigenvalue weighted by Gasteiger charge is -2.25. The number of halogens is 1. The summed E-state index contributed by atoms with van der Waals surface area (Å²) >= 11 is 0. The van der Waals surface area contributed by atoms with Gasteiger partial charge in [0.2, 0.25) is 0 Å². The summed E-state index contributed by atoms with van der Waals surface area (Å²) in [5.41, 5.74) is 1.45. The standard InChI is InChI=1S/C15H19FN2O2/c1-3-20-12-4-5-14(13(16)10-12)17-15(19)18-8-6-11(2)7-9-18/h4-6,10H,3,7-9H2,1-2H3,(H,17,19). The van der Waals surface area contributed by atoms with Crippen LogP contribution in [0.4, 0.5) is 14.9 Å². The van der Waals surface area contributed by atoms with Crippen molar-refractivity contribution in [2.75, 3.05) is 25.0 Å². The van der Waals surface area contributed by atoms with E-state index in [-0.39, 0.29) is 11.7 Å². The molecule has 0 aliphatic carbocycles. The average Bonchev–Trinajstić information content (AvgIpc) is 2.43. The highest BCUT2D eigenvalue weighted by Crippen LogP contribution is 2.21. The van der Waals surface area contributed by atoms with Gasteiger partial charge in [0.05, 0.1) is 12.3 Å². The predicted molar refractivity (Wildman–Crippen MR) is 76.5 cm³/mol. The van der Waals surface area contributed by atoms with E-state index in [9.17, 15) is 9.18 Å². The van der Waals surface area contributed by atoms with Gasteiger partial charge in [-0.25, -0.2) is 9.18 Å². The van der Waals surface area contributed by atoms with Crippen molar-refractivity contribution >= 4 is 11.7 Å². The van der Waals surface area contributed by atoms with E-state index in [2.05, 4.69) is 5.32 Å². The number of rotatable bonds is 3. The summed E-state index contributed by atoms with van der Waals surface area (Å²) < 4.78 is 19.0. The molecule has 0 unspecified atom stereocenters. The van der Waals surface area contributed by atoms with Crippen LogP contribution in [-0.4, -0.2) is 30.6 Å². The molecule has 0 saturated carbocycles. The first-order valence-corrected chi connectivity index (χ1v) is 6.74. The number of carbonyl (C=O) groups is 1. The highest BCUT2D eigenvalue weighted by molar-refractivity contribution is 5.89.